The number of rotatable bonds is 13. The molecule has 0 atom stereocenters. The summed E-state index contributed by atoms with van der Waals surface area (Å²) in [5, 5.41) is 0. The molecular formula is C20H25FO6S. The number of ether oxygens (including phenoxy) is 3. The summed E-state index contributed by atoms with van der Waals surface area (Å²) in [6.45, 7) is 2.77. The van der Waals surface area contributed by atoms with E-state index in [-0.39, 0.29) is 18.1 Å². The third-order valence-corrected chi connectivity index (χ3v) is 4.96. The molecule has 0 spiro atoms. The summed E-state index contributed by atoms with van der Waals surface area (Å²) in [7, 11) is -3.82. The second-order valence-corrected chi connectivity index (χ2v) is 7.55. The summed E-state index contributed by atoms with van der Waals surface area (Å²) >= 11 is 0. The van der Waals surface area contributed by atoms with E-state index in [4.69, 9.17) is 18.4 Å². The fourth-order valence-corrected chi connectivity index (χ4v) is 3.14. The van der Waals surface area contributed by atoms with Crippen LogP contribution in [0.3, 0.4) is 0 Å². The highest BCUT2D eigenvalue weighted by atomic mass is 32.2. The van der Waals surface area contributed by atoms with Crippen LogP contribution in [0.1, 0.15) is 11.1 Å². The van der Waals surface area contributed by atoms with Gasteiger partial charge in [-0.2, -0.15) is 8.42 Å². The van der Waals surface area contributed by atoms with Crippen molar-refractivity contribution < 1.29 is 31.2 Å². The van der Waals surface area contributed by atoms with Gasteiger partial charge >= 0.3 is 0 Å². The van der Waals surface area contributed by atoms with Crippen molar-refractivity contribution in [3.05, 3.63) is 59.7 Å². The molecule has 0 unspecified atom stereocenters. The lowest BCUT2D eigenvalue weighted by Crippen LogP contribution is -2.11. The number of benzene rings is 2. The van der Waals surface area contributed by atoms with Gasteiger partial charge in [-0.3, -0.25) is 4.18 Å². The molecule has 0 aliphatic heterocycles. The molecule has 154 valence electrons. The van der Waals surface area contributed by atoms with Gasteiger partial charge in [0.15, 0.2) is 0 Å². The Kier molecular flexibility index (Phi) is 9.36. The number of hydrogen-bond donors (Lipinski definition) is 0. The van der Waals surface area contributed by atoms with E-state index in [2.05, 4.69) is 0 Å². The minimum Gasteiger partial charge on any atom is -0.491 e. The largest absolute Gasteiger partial charge is 0.491 e. The highest BCUT2D eigenvalue weighted by molar-refractivity contribution is 7.86. The Morgan fingerprint density at radius 3 is 2.29 bits per heavy atom. The van der Waals surface area contributed by atoms with Crippen LogP contribution < -0.4 is 4.74 Å². The molecule has 0 amide bonds. The molecule has 2 rings (SSSR count). The molecule has 0 N–H and O–H groups in total. The van der Waals surface area contributed by atoms with Crippen LogP contribution in [0.2, 0.25) is 0 Å². The average Bonchev–Trinajstić information content (AvgIpc) is 2.69. The molecule has 0 heterocycles. The molecule has 0 bridgehead atoms. The molecule has 2 aromatic rings. The number of halogens is 1. The molecule has 0 fully saturated rings. The molecule has 28 heavy (non-hydrogen) atoms. The van der Waals surface area contributed by atoms with Crippen LogP contribution in [-0.2, 0) is 30.4 Å². The van der Waals surface area contributed by atoms with Crippen LogP contribution in [0.4, 0.5) is 4.39 Å². The molecule has 0 saturated carbocycles. The van der Waals surface area contributed by atoms with Gasteiger partial charge in [-0.25, -0.2) is 4.39 Å². The van der Waals surface area contributed by atoms with Crippen LogP contribution in [0.15, 0.2) is 53.4 Å². The van der Waals surface area contributed by atoms with E-state index in [1.807, 2.05) is 6.92 Å². The number of aryl methyl sites for hydroxylation is 1. The Labute approximate surface area is 165 Å². The normalized spacial score (nSPS) is 11.5. The molecular weight excluding hydrogens is 387 g/mol. The standard InChI is InChI=1S/C20H25FO6S/c1-17-5-7-20(8-6-17)28(22,23)27-16-18-3-2-4-19(15-18)26-14-13-25-12-11-24-10-9-21/h2-8,15H,9-14,16H2,1H3. The van der Waals surface area contributed by atoms with Crippen LogP contribution in [0.25, 0.3) is 0 Å². The summed E-state index contributed by atoms with van der Waals surface area (Å²) < 4.78 is 57.3. The summed E-state index contributed by atoms with van der Waals surface area (Å²) in [6, 6.07) is 13.5. The minimum atomic E-state index is -3.82. The van der Waals surface area contributed by atoms with Crippen molar-refractivity contribution >= 4 is 10.1 Å². The maximum Gasteiger partial charge on any atom is 0.297 e. The van der Waals surface area contributed by atoms with Gasteiger partial charge in [-0.15, -0.1) is 0 Å². The molecule has 0 aromatic heterocycles. The lowest BCUT2D eigenvalue weighted by molar-refractivity contribution is 0.0325. The van der Waals surface area contributed by atoms with Gasteiger partial charge in [0, 0.05) is 0 Å². The highest BCUT2D eigenvalue weighted by Crippen LogP contribution is 2.18. The van der Waals surface area contributed by atoms with E-state index in [1.165, 1.54) is 12.1 Å². The van der Waals surface area contributed by atoms with E-state index < -0.39 is 16.8 Å². The second kappa shape index (κ2) is 11.8. The third-order valence-electron chi connectivity index (χ3n) is 3.68. The van der Waals surface area contributed by atoms with Crippen molar-refractivity contribution in [2.24, 2.45) is 0 Å². The predicted octanol–water partition coefficient (Wildman–Crippen LogP) is 3.28. The zero-order valence-corrected chi connectivity index (χ0v) is 16.6. The Hall–Kier alpha value is -2.00. The smallest absolute Gasteiger partial charge is 0.297 e. The first-order chi connectivity index (χ1) is 13.5. The van der Waals surface area contributed by atoms with Crippen molar-refractivity contribution in [3.8, 4) is 5.75 Å². The summed E-state index contributed by atoms with van der Waals surface area (Å²) in [6.07, 6.45) is 0. The summed E-state index contributed by atoms with van der Waals surface area (Å²) in [4.78, 5) is 0.123. The first kappa shape index (κ1) is 22.3. The van der Waals surface area contributed by atoms with Crippen LogP contribution in [0.5, 0.6) is 5.75 Å². The van der Waals surface area contributed by atoms with Gasteiger partial charge in [0.25, 0.3) is 10.1 Å². The Bertz CT molecular complexity index is 808. The van der Waals surface area contributed by atoms with Crippen LogP contribution in [-0.4, -0.2) is 48.1 Å². The minimum absolute atomic E-state index is 0.0777. The first-order valence-corrected chi connectivity index (χ1v) is 10.3. The van der Waals surface area contributed by atoms with Crippen molar-refractivity contribution in [3.63, 3.8) is 0 Å². The van der Waals surface area contributed by atoms with Gasteiger partial charge in [-0.05, 0) is 36.8 Å². The van der Waals surface area contributed by atoms with Crippen molar-refractivity contribution in [1.29, 1.82) is 0 Å². The molecule has 0 radical (unpaired) electrons. The van der Waals surface area contributed by atoms with E-state index in [1.54, 1.807) is 36.4 Å². The van der Waals surface area contributed by atoms with Crippen LogP contribution in [0, 0.1) is 6.92 Å². The average molecular weight is 412 g/mol. The fourth-order valence-electron chi connectivity index (χ4n) is 2.24. The zero-order chi connectivity index (χ0) is 20.2. The van der Waals surface area contributed by atoms with E-state index >= 15 is 0 Å². The van der Waals surface area contributed by atoms with Gasteiger partial charge in [-0.1, -0.05) is 29.8 Å². The maximum absolute atomic E-state index is 12.2. The van der Waals surface area contributed by atoms with Gasteiger partial charge in [0.2, 0.25) is 0 Å². The molecule has 0 saturated heterocycles. The number of hydrogen-bond acceptors (Lipinski definition) is 6. The van der Waals surface area contributed by atoms with Crippen molar-refractivity contribution in [2.75, 3.05) is 39.7 Å². The SMILES string of the molecule is Cc1ccc(S(=O)(=O)OCc2cccc(OCCOCCOCCF)c2)cc1. The summed E-state index contributed by atoms with van der Waals surface area (Å²) in [5.74, 6) is 0.589. The van der Waals surface area contributed by atoms with E-state index in [0.29, 0.717) is 37.7 Å². The monoisotopic (exact) mass is 412 g/mol. The molecule has 8 heteroatoms. The Morgan fingerprint density at radius 1 is 0.893 bits per heavy atom. The highest BCUT2D eigenvalue weighted by Gasteiger charge is 2.15. The molecule has 0 aliphatic carbocycles. The van der Waals surface area contributed by atoms with Crippen molar-refractivity contribution in [1.82, 2.24) is 0 Å². The van der Waals surface area contributed by atoms with Gasteiger partial charge in [0.1, 0.15) is 19.0 Å². The van der Waals surface area contributed by atoms with E-state index in [9.17, 15) is 12.8 Å². The predicted molar refractivity (Wildman–Crippen MR) is 103 cm³/mol. The van der Waals surface area contributed by atoms with Crippen molar-refractivity contribution in [2.45, 2.75) is 18.4 Å². The molecule has 2 aromatic carbocycles. The Balaban J connectivity index is 1.76. The first-order valence-electron chi connectivity index (χ1n) is 8.90. The zero-order valence-electron chi connectivity index (χ0n) is 15.8. The lowest BCUT2D eigenvalue weighted by Gasteiger charge is -2.10. The van der Waals surface area contributed by atoms with Crippen LogP contribution >= 0.6 is 0 Å². The second-order valence-electron chi connectivity index (χ2n) is 5.94. The van der Waals surface area contributed by atoms with E-state index in [0.717, 1.165) is 5.56 Å². The quantitative estimate of drug-likeness (QED) is 0.371. The summed E-state index contributed by atoms with van der Waals surface area (Å²) in [5.41, 5.74) is 1.65. The molecule has 6 nitrogen and oxygen atoms in total. The fraction of sp³-hybridized carbons (Fsp3) is 0.400. The topological polar surface area (TPSA) is 71.1 Å². The maximum atomic E-state index is 12.2. The Morgan fingerprint density at radius 2 is 1.57 bits per heavy atom. The number of alkyl halides is 1. The third kappa shape index (κ3) is 7.93. The lowest BCUT2D eigenvalue weighted by atomic mass is 10.2. The molecule has 0 aliphatic rings. The van der Waals surface area contributed by atoms with Gasteiger partial charge in [0.05, 0.1) is 37.9 Å². The van der Waals surface area contributed by atoms with Gasteiger partial charge < -0.3 is 14.2 Å².